The van der Waals surface area contributed by atoms with Crippen LogP contribution in [0.1, 0.15) is 43.2 Å². The molecule has 0 aromatic heterocycles. The van der Waals surface area contributed by atoms with E-state index in [2.05, 4.69) is 5.32 Å². The molecule has 0 unspecified atom stereocenters. The van der Waals surface area contributed by atoms with Crippen LogP contribution < -0.4 is 5.32 Å². The van der Waals surface area contributed by atoms with Gasteiger partial charge < -0.3 is 5.32 Å². The number of benzene rings is 1. The summed E-state index contributed by atoms with van der Waals surface area (Å²) in [6, 6.07) is 5.25. The SMILES string of the molecule is Fc1ccc2c(c1)CNC1(CCCCC1)C2. The third-order valence-corrected chi connectivity index (χ3v) is 4.16. The number of hydrogen-bond donors (Lipinski definition) is 1. The van der Waals surface area contributed by atoms with Crippen molar-refractivity contribution in [3.05, 3.63) is 35.1 Å². The van der Waals surface area contributed by atoms with Gasteiger partial charge in [0.2, 0.25) is 0 Å². The summed E-state index contributed by atoms with van der Waals surface area (Å²) >= 11 is 0. The summed E-state index contributed by atoms with van der Waals surface area (Å²) in [5.41, 5.74) is 2.82. The van der Waals surface area contributed by atoms with Gasteiger partial charge in [0.15, 0.2) is 0 Å². The van der Waals surface area contributed by atoms with E-state index in [9.17, 15) is 4.39 Å². The van der Waals surface area contributed by atoms with Gasteiger partial charge >= 0.3 is 0 Å². The number of halogens is 1. The average Bonchev–Trinajstić information content (AvgIpc) is 2.31. The quantitative estimate of drug-likeness (QED) is 0.706. The Balaban J connectivity index is 1.88. The first-order valence-corrected chi connectivity index (χ1v) is 6.30. The molecule has 2 heteroatoms. The van der Waals surface area contributed by atoms with Gasteiger partial charge in [-0.05, 0) is 42.5 Å². The monoisotopic (exact) mass is 219 g/mol. The van der Waals surface area contributed by atoms with Gasteiger partial charge in [-0.25, -0.2) is 4.39 Å². The molecule has 3 rings (SSSR count). The van der Waals surface area contributed by atoms with E-state index in [-0.39, 0.29) is 5.82 Å². The van der Waals surface area contributed by atoms with Crippen LogP contribution in [0.5, 0.6) is 0 Å². The lowest BCUT2D eigenvalue weighted by molar-refractivity contribution is 0.215. The lowest BCUT2D eigenvalue weighted by Crippen LogP contribution is -2.50. The van der Waals surface area contributed by atoms with Gasteiger partial charge in [-0.15, -0.1) is 0 Å². The Kier molecular flexibility index (Phi) is 2.47. The highest BCUT2D eigenvalue weighted by molar-refractivity contribution is 5.32. The van der Waals surface area contributed by atoms with Crippen molar-refractivity contribution >= 4 is 0 Å². The van der Waals surface area contributed by atoms with E-state index in [1.165, 1.54) is 37.7 Å². The van der Waals surface area contributed by atoms with Crippen LogP contribution in [0.4, 0.5) is 4.39 Å². The first kappa shape index (κ1) is 10.3. The van der Waals surface area contributed by atoms with Crippen LogP contribution in [0.25, 0.3) is 0 Å². The second-order valence-corrected chi connectivity index (χ2v) is 5.28. The summed E-state index contributed by atoms with van der Waals surface area (Å²) in [6.07, 6.45) is 7.70. The smallest absolute Gasteiger partial charge is 0.123 e. The van der Waals surface area contributed by atoms with E-state index in [0.29, 0.717) is 5.54 Å². The number of rotatable bonds is 0. The molecule has 1 aromatic carbocycles. The van der Waals surface area contributed by atoms with E-state index in [4.69, 9.17) is 0 Å². The van der Waals surface area contributed by atoms with Gasteiger partial charge in [0.1, 0.15) is 5.82 Å². The Morgan fingerprint density at radius 3 is 2.69 bits per heavy atom. The molecule has 1 nitrogen and oxygen atoms in total. The fourth-order valence-corrected chi connectivity index (χ4v) is 3.22. The van der Waals surface area contributed by atoms with Crippen LogP contribution in [-0.2, 0) is 13.0 Å². The van der Waals surface area contributed by atoms with Crippen LogP contribution in [0, 0.1) is 5.82 Å². The molecule has 1 aliphatic carbocycles. The fourth-order valence-electron chi connectivity index (χ4n) is 3.22. The largest absolute Gasteiger partial charge is 0.307 e. The highest BCUT2D eigenvalue weighted by Gasteiger charge is 2.34. The molecule has 1 aliphatic heterocycles. The Bertz CT molecular complexity index is 394. The minimum absolute atomic E-state index is 0.111. The summed E-state index contributed by atoms with van der Waals surface area (Å²) in [5, 5.41) is 3.65. The number of hydrogen-bond acceptors (Lipinski definition) is 1. The maximum Gasteiger partial charge on any atom is 0.123 e. The number of fused-ring (bicyclic) bond motifs is 1. The molecule has 1 heterocycles. The summed E-state index contributed by atoms with van der Waals surface area (Å²) < 4.78 is 13.1. The van der Waals surface area contributed by atoms with Crippen LogP contribution in [0.2, 0.25) is 0 Å². The van der Waals surface area contributed by atoms with Crippen molar-refractivity contribution in [2.45, 2.75) is 50.6 Å². The molecule has 1 N–H and O–H groups in total. The Hall–Kier alpha value is -0.890. The molecule has 0 bridgehead atoms. The molecule has 0 amide bonds. The van der Waals surface area contributed by atoms with E-state index in [1.54, 1.807) is 12.1 Å². The normalized spacial score (nSPS) is 23.1. The molecule has 0 atom stereocenters. The van der Waals surface area contributed by atoms with Crippen LogP contribution in [0.3, 0.4) is 0 Å². The van der Waals surface area contributed by atoms with Gasteiger partial charge in [0.25, 0.3) is 0 Å². The minimum atomic E-state index is -0.111. The molecular weight excluding hydrogens is 201 g/mol. The summed E-state index contributed by atoms with van der Waals surface area (Å²) in [4.78, 5) is 0. The topological polar surface area (TPSA) is 12.0 Å². The van der Waals surface area contributed by atoms with Crippen molar-refractivity contribution in [2.75, 3.05) is 0 Å². The molecule has 0 saturated heterocycles. The Morgan fingerprint density at radius 1 is 1.06 bits per heavy atom. The molecule has 1 spiro atoms. The second-order valence-electron chi connectivity index (χ2n) is 5.28. The molecule has 1 fully saturated rings. The van der Waals surface area contributed by atoms with Crippen LogP contribution in [-0.4, -0.2) is 5.54 Å². The van der Waals surface area contributed by atoms with Crippen molar-refractivity contribution in [1.82, 2.24) is 5.32 Å². The maximum atomic E-state index is 13.1. The average molecular weight is 219 g/mol. The number of nitrogens with one attached hydrogen (secondary N) is 1. The molecule has 0 radical (unpaired) electrons. The van der Waals surface area contributed by atoms with Crippen molar-refractivity contribution in [3.8, 4) is 0 Å². The van der Waals surface area contributed by atoms with Crippen molar-refractivity contribution in [2.24, 2.45) is 0 Å². The fraction of sp³-hybridized carbons (Fsp3) is 0.571. The van der Waals surface area contributed by atoms with Gasteiger partial charge in [-0.2, -0.15) is 0 Å². The molecular formula is C14H18FN. The van der Waals surface area contributed by atoms with E-state index >= 15 is 0 Å². The Labute approximate surface area is 96.1 Å². The Morgan fingerprint density at radius 2 is 1.88 bits per heavy atom. The van der Waals surface area contributed by atoms with E-state index in [1.807, 2.05) is 6.07 Å². The van der Waals surface area contributed by atoms with Gasteiger partial charge in [0.05, 0.1) is 0 Å². The maximum absolute atomic E-state index is 13.1. The summed E-state index contributed by atoms with van der Waals surface area (Å²) in [7, 11) is 0. The lowest BCUT2D eigenvalue weighted by Gasteiger charge is -2.42. The summed E-state index contributed by atoms with van der Waals surface area (Å²) in [5.74, 6) is -0.111. The zero-order valence-corrected chi connectivity index (χ0v) is 9.56. The van der Waals surface area contributed by atoms with E-state index in [0.717, 1.165) is 18.5 Å². The highest BCUT2D eigenvalue weighted by atomic mass is 19.1. The first-order chi connectivity index (χ1) is 7.77. The predicted octanol–water partition coefficient (Wildman–Crippen LogP) is 3.17. The minimum Gasteiger partial charge on any atom is -0.307 e. The molecule has 86 valence electrons. The highest BCUT2D eigenvalue weighted by Crippen LogP contribution is 2.35. The lowest BCUT2D eigenvalue weighted by atomic mass is 9.74. The second kappa shape index (κ2) is 3.85. The van der Waals surface area contributed by atoms with Crippen molar-refractivity contribution < 1.29 is 4.39 Å². The molecule has 1 saturated carbocycles. The van der Waals surface area contributed by atoms with E-state index < -0.39 is 0 Å². The molecule has 2 aliphatic rings. The van der Waals surface area contributed by atoms with Gasteiger partial charge in [0, 0.05) is 12.1 Å². The predicted molar refractivity (Wildman–Crippen MR) is 62.8 cm³/mol. The standard InChI is InChI=1S/C14H18FN/c15-13-5-4-11-9-14(6-2-1-3-7-14)16-10-12(11)8-13/h4-5,8,16H,1-3,6-7,9-10H2. The van der Waals surface area contributed by atoms with Crippen LogP contribution >= 0.6 is 0 Å². The zero-order valence-electron chi connectivity index (χ0n) is 9.56. The van der Waals surface area contributed by atoms with Gasteiger partial charge in [-0.1, -0.05) is 25.3 Å². The third kappa shape index (κ3) is 1.75. The van der Waals surface area contributed by atoms with Gasteiger partial charge in [-0.3, -0.25) is 0 Å². The third-order valence-electron chi connectivity index (χ3n) is 4.16. The summed E-state index contributed by atoms with van der Waals surface area (Å²) in [6.45, 7) is 0.840. The van der Waals surface area contributed by atoms with Crippen molar-refractivity contribution in [1.29, 1.82) is 0 Å². The molecule has 1 aromatic rings. The van der Waals surface area contributed by atoms with Crippen LogP contribution in [0.15, 0.2) is 18.2 Å². The van der Waals surface area contributed by atoms with Crippen molar-refractivity contribution in [3.63, 3.8) is 0 Å². The first-order valence-electron chi connectivity index (χ1n) is 6.30. The zero-order chi connectivity index (χ0) is 11.0. The molecule has 16 heavy (non-hydrogen) atoms.